The van der Waals surface area contributed by atoms with Gasteiger partial charge in [-0.15, -0.1) is 0 Å². The van der Waals surface area contributed by atoms with E-state index in [4.69, 9.17) is 0 Å². The molecular formula is C11H14N4O3. The van der Waals surface area contributed by atoms with E-state index in [1.807, 2.05) is 11.8 Å². The number of carbonyl (C=O) groups is 1. The molecule has 0 spiro atoms. The van der Waals surface area contributed by atoms with Crippen molar-refractivity contribution in [3.63, 3.8) is 0 Å². The van der Waals surface area contributed by atoms with Gasteiger partial charge in [0.25, 0.3) is 5.69 Å². The Hall–Kier alpha value is -2.18. The summed E-state index contributed by atoms with van der Waals surface area (Å²) in [4.78, 5) is 29.4. The van der Waals surface area contributed by atoms with Gasteiger partial charge < -0.3 is 9.80 Å². The van der Waals surface area contributed by atoms with Crippen LogP contribution in [0.3, 0.4) is 0 Å². The Morgan fingerprint density at radius 3 is 2.78 bits per heavy atom. The highest BCUT2D eigenvalue weighted by atomic mass is 16.6. The zero-order valence-corrected chi connectivity index (χ0v) is 10.3. The molecule has 0 saturated carbocycles. The summed E-state index contributed by atoms with van der Waals surface area (Å²) in [5.41, 5.74) is 0.545. The van der Waals surface area contributed by atoms with Crippen LogP contribution in [0.2, 0.25) is 0 Å². The minimum absolute atomic E-state index is 0.00313. The maximum atomic E-state index is 11.6. The first-order valence-corrected chi connectivity index (χ1v) is 5.66. The number of rotatable bonds is 3. The monoisotopic (exact) mass is 250 g/mol. The summed E-state index contributed by atoms with van der Waals surface area (Å²) in [6.45, 7) is 4.99. The van der Waals surface area contributed by atoms with Crippen molar-refractivity contribution in [3.05, 3.63) is 27.9 Å². The lowest BCUT2D eigenvalue weighted by Gasteiger charge is -2.17. The normalized spacial score (nSPS) is 15.3. The number of hydrogen-bond acceptors (Lipinski definition) is 5. The molecular weight excluding hydrogens is 236 g/mol. The Kier molecular flexibility index (Phi) is 3.14. The van der Waals surface area contributed by atoms with Gasteiger partial charge in [0.15, 0.2) is 0 Å². The number of hydrogen-bond donors (Lipinski definition) is 0. The van der Waals surface area contributed by atoms with E-state index in [1.165, 1.54) is 6.20 Å². The smallest absolute Gasteiger partial charge is 0.290 e. The van der Waals surface area contributed by atoms with E-state index in [2.05, 4.69) is 4.98 Å². The summed E-state index contributed by atoms with van der Waals surface area (Å²) in [6, 6.07) is 1.64. The summed E-state index contributed by atoms with van der Waals surface area (Å²) >= 11 is 0. The molecule has 1 fully saturated rings. The number of pyridine rings is 1. The quantitative estimate of drug-likeness (QED) is 0.588. The maximum absolute atomic E-state index is 11.6. The average molecular weight is 250 g/mol. The lowest BCUT2D eigenvalue weighted by molar-refractivity contribution is -0.385. The molecule has 1 saturated heterocycles. The van der Waals surface area contributed by atoms with Crippen LogP contribution in [0, 0.1) is 17.0 Å². The van der Waals surface area contributed by atoms with Gasteiger partial charge >= 0.3 is 0 Å². The van der Waals surface area contributed by atoms with Crippen LogP contribution in [0.15, 0.2) is 12.3 Å². The standard InChI is InChI=1S/C11H14N4O3/c1-3-13-7-14(6-11(13)16)10-4-8(2)9(5-12-10)15(17)18/h4-5H,3,6-7H2,1-2H3. The van der Waals surface area contributed by atoms with Crippen LogP contribution in [0.25, 0.3) is 0 Å². The van der Waals surface area contributed by atoms with E-state index in [-0.39, 0.29) is 18.1 Å². The van der Waals surface area contributed by atoms with Crippen molar-refractivity contribution in [1.29, 1.82) is 0 Å². The third-order valence-electron chi connectivity index (χ3n) is 2.99. The predicted octanol–water partition coefficient (Wildman–Crippen LogP) is 0.924. The van der Waals surface area contributed by atoms with Gasteiger partial charge in [-0.05, 0) is 19.9 Å². The summed E-state index contributed by atoms with van der Waals surface area (Å²) in [5, 5.41) is 10.7. The number of anilines is 1. The van der Waals surface area contributed by atoms with Crippen LogP contribution >= 0.6 is 0 Å². The molecule has 2 rings (SSSR count). The molecule has 7 heteroatoms. The van der Waals surface area contributed by atoms with Gasteiger partial charge in [0.2, 0.25) is 5.91 Å². The lowest BCUT2D eigenvalue weighted by atomic mass is 10.2. The second-order valence-electron chi connectivity index (χ2n) is 4.18. The van der Waals surface area contributed by atoms with E-state index in [0.29, 0.717) is 24.6 Å². The zero-order chi connectivity index (χ0) is 13.3. The van der Waals surface area contributed by atoms with Crippen LogP contribution in [0.4, 0.5) is 11.5 Å². The second kappa shape index (κ2) is 4.59. The second-order valence-corrected chi connectivity index (χ2v) is 4.18. The topological polar surface area (TPSA) is 79.6 Å². The van der Waals surface area contributed by atoms with E-state index in [1.54, 1.807) is 17.9 Å². The third kappa shape index (κ3) is 2.11. The SMILES string of the molecule is CCN1CN(c2cc(C)c([N+](=O)[O-])cn2)CC1=O. The van der Waals surface area contributed by atoms with E-state index in [9.17, 15) is 14.9 Å². The molecule has 1 aromatic rings. The van der Waals surface area contributed by atoms with Gasteiger partial charge in [-0.25, -0.2) is 4.98 Å². The van der Waals surface area contributed by atoms with Crippen LogP contribution < -0.4 is 4.90 Å². The summed E-state index contributed by atoms with van der Waals surface area (Å²) < 4.78 is 0. The molecule has 0 unspecified atom stereocenters. The van der Waals surface area contributed by atoms with Crippen LogP contribution in [-0.2, 0) is 4.79 Å². The maximum Gasteiger partial charge on any atom is 0.290 e. The fourth-order valence-electron chi connectivity index (χ4n) is 1.93. The van der Waals surface area contributed by atoms with Gasteiger partial charge in [0.05, 0.1) is 11.6 Å². The molecule has 7 nitrogen and oxygen atoms in total. The van der Waals surface area contributed by atoms with Gasteiger partial charge in [-0.2, -0.15) is 0 Å². The van der Waals surface area contributed by atoms with Crippen molar-refractivity contribution in [2.75, 3.05) is 24.7 Å². The highest BCUT2D eigenvalue weighted by Crippen LogP contribution is 2.23. The van der Waals surface area contributed by atoms with Crippen molar-refractivity contribution in [1.82, 2.24) is 9.88 Å². The highest BCUT2D eigenvalue weighted by Gasteiger charge is 2.27. The summed E-state index contributed by atoms with van der Waals surface area (Å²) in [7, 11) is 0. The Bertz CT molecular complexity index is 503. The fraction of sp³-hybridized carbons (Fsp3) is 0.455. The molecule has 0 atom stereocenters. The lowest BCUT2D eigenvalue weighted by Crippen LogP contribution is -2.27. The van der Waals surface area contributed by atoms with Gasteiger partial charge in [-0.3, -0.25) is 14.9 Å². The van der Waals surface area contributed by atoms with Crippen molar-refractivity contribution < 1.29 is 9.72 Å². The van der Waals surface area contributed by atoms with E-state index < -0.39 is 4.92 Å². The molecule has 1 aliphatic rings. The van der Waals surface area contributed by atoms with Crippen LogP contribution in [-0.4, -0.2) is 40.5 Å². The largest absolute Gasteiger partial charge is 0.329 e. The van der Waals surface area contributed by atoms with Gasteiger partial charge in [-0.1, -0.05) is 0 Å². The van der Waals surface area contributed by atoms with Crippen molar-refractivity contribution in [3.8, 4) is 0 Å². The van der Waals surface area contributed by atoms with Gasteiger partial charge in [0.1, 0.15) is 18.6 Å². The molecule has 96 valence electrons. The van der Waals surface area contributed by atoms with Crippen molar-refractivity contribution >= 4 is 17.4 Å². The van der Waals surface area contributed by atoms with Crippen molar-refractivity contribution in [2.24, 2.45) is 0 Å². The number of likely N-dealkylation sites (N-methyl/N-ethyl adjacent to an activating group) is 1. The first-order chi connectivity index (χ1) is 8.52. The molecule has 0 bridgehead atoms. The minimum Gasteiger partial charge on any atom is -0.329 e. The molecule has 1 aromatic heterocycles. The van der Waals surface area contributed by atoms with Crippen LogP contribution in [0.1, 0.15) is 12.5 Å². The molecule has 2 heterocycles. The predicted molar refractivity (Wildman–Crippen MR) is 65.2 cm³/mol. The van der Waals surface area contributed by atoms with Crippen molar-refractivity contribution in [2.45, 2.75) is 13.8 Å². The first-order valence-electron chi connectivity index (χ1n) is 5.66. The number of nitro groups is 1. The molecule has 1 aliphatic heterocycles. The number of amides is 1. The Morgan fingerprint density at radius 2 is 2.28 bits per heavy atom. The van der Waals surface area contributed by atoms with Crippen LogP contribution in [0.5, 0.6) is 0 Å². The number of carbonyl (C=O) groups excluding carboxylic acids is 1. The van der Waals surface area contributed by atoms with E-state index in [0.717, 1.165) is 0 Å². The molecule has 0 aliphatic carbocycles. The zero-order valence-electron chi connectivity index (χ0n) is 10.3. The highest BCUT2D eigenvalue weighted by molar-refractivity contribution is 5.84. The molecule has 0 radical (unpaired) electrons. The Balaban J connectivity index is 2.23. The first kappa shape index (κ1) is 12.3. The number of aryl methyl sites for hydroxylation is 1. The van der Waals surface area contributed by atoms with Gasteiger partial charge in [0, 0.05) is 12.1 Å². The van der Waals surface area contributed by atoms with E-state index >= 15 is 0 Å². The molecule has 0 aromatic carbocycles. The fourth-order valence-corrected chi connectivity index (χ4v) is 1.93. The Labute approximate surface area is 104 Å². The summed E-state index contributed by atoms with van der Waals surface area (Å²) in [5.74, 6) is 0.651. The number of nitrogens with zero attached hydrogens (tertiary/aromatic N) is 4. The molecule has 1 amide bonds. The molecule has 18 heavy (non-hydrogen) atoms. The molecule has 0 N–H and O–H groups in total. The minimum atomic E-state index is -0.459. The summed E-state index contributed by atoms with van der Waals surface area (Å²) in [6.07, 6.45) is 1.24. The average Bonchev–Trinajstić information content (AvgIpc) is 2.70. The Morgan fingerprint density at radius 1 is 1.56 bits per heavy atom. The third-order valence-corrected chi connectivity index (χ3v) is 2.99. The number of aromatic nitrogens is 1.